The minimum atomic E-state index is -4.58. The monoisotopic (exact) mass is 635 g/mol. The van der Waals surface area contributed by atoms with E-state index in [0.717, 1.165) is 0 Å². The molecule has 1 aliphatic heterocycles. The molecule has 0 saturated carbocycles. The highest BCUT2D eigenvalue weighted by molar-refractivity contribution is 7.48. The molecule has 4 atom stereocenters. The van der Waals surface area contributed by atoms with E-state index >= 15 is 4.39 Å². The molecule has 0 radical (unpaired) electrons. The number of imidazole rings is 1. The maximum Gasteiger partial charge on any atom is 0.480 e. The molecule has 0 aromatic carbocycles. The zero-order valence-corrected chi connectivity index (χ0v) is 26.5. The number of hydrogen-bond acceptors (Lipinski definition) is 13. The third kappa shape index (κ3) is 8.18. The second-order valence-corrected chi connectivity index (χ2v) is 14.0. The average molecular weight is 636 g/mol. The number of alkyl halides is 1. The van der Waals surface area contributed by atoms with Gasteiger partial charge in [0.25, 0.3) is 5.56 Å². The first-order chi connectivity index (χ1) is 20.3. The van der Waals surface area contributed by atoms with Crippen molar-refractivity contribution in [1.29, 1.82) is 0 Å². The van der Waals surface area contributed by atoms with E-state index in [0.29, 0.717) is 0 Å². The Balaban J connectivity index is 1.79. The Hall–Kier alpha value is -2.91. The fourth-order valence-corrected chi connectivity index (χ4v) is 4.76. The molecule has 3 rings (SSSR count). The van der Waals surface area contributed by atoms with Crippen molar-refractivity contribution in [2.75, 3.05) is 32.1 Å². The van der Waals surface area contributed by atoms with Crippen molar-refractivity contribution in [1.82, 2.24) is 19.5 Å². The Bertz CT molecular complexity index is 1400. The summed E-state index contributed by atoms with van der Waals surface area (Å²) in [6.45, 7) is 10.9. The number of fused-ring (bicyclic) bond motifs is 1. The molecular formula is C26H41FN5O10P. The Labute approximate surface area is 250 Å². The Kier molecular flexibility index (Phi) is 9.96. The first-order valence-electron chi connectivity index (χ1n) is 14.2. The van der Waals surface area contributed by atoms with Gasteiger partial charge in [0.05, 0.1) is 29.4 Å². The van der Waals surface area contributed by atoms with Crippen LogP contribution in [-0.4, -0.2) is 70.0 Å². The lowest BCUT2D eigenvalue weighted by atomic mass is 9.90. The number of phosphoric acid groups is 1. The fourth-order valence-electron chi connectivity index (χ4n) is 3.76. The fraction of sp³-hybridized carbons (Fsp3) is 0.731. The Morgan fingerprint density at radius 1 is 1.16 bits per heavy atom. The molecule has 1 aliphatic rings. The van der Waals surface area contributed by atoms with Crippen LogP contribution in [0.3, 0.4) is 0 Å². The standard InChI is InChI=1S/C26H41FN5O10P/c1-10-28-23-30-18-17(19(33)31-23)29-12-32(18)20-16(27)15(2)26(9,42-20)11-39-43(36,40-13-37-21(34)24(3,4)5)41-14-38-22(35)25(6,7)8/h12,15-16,20H,10-11,13-14H2,1-9H3,(H2,28,30,31,33)/t15-,16+,20+,26+/m0/s1/i1T. The summed E-state index contributed by atoms with van der Waals surface area (Å²) in [4.78, 5) is 47.7. The molecule has 43 heavy (non-hydrogen) atoms. The smallest absolute Gasteiger partial charge is 0.437 e. The summed E-state index contributed by atoms with van der Waals surface area (Å²) in [7, 11) is -4.58. The molecule has 17 heteroatoms. The van der Waals surface area contributed by atoms with Crippen LogP contribution in [0.1, 0.15) is 69.9 Å². The van der Waals surface area contributed by atoms with Crippen molar-refractivity contribution < 1.29 is 47.7 Å². The first-order valence-corrected chi connectivity index (χ1v) is 15.0. The lowest BCUT2D eigenvalue weighted by Gasteiger charge is -2.29. The van der Waals surface area contributed by atoms with E-state index in [2.05, 4.69) is 20.3 Å². The van der Waals surface area contributed by atoms with E-state index < -0.39 is 80.3 Å². The predicted molar refractivity (Wildman–Crippen MR) is 151 cm³/mol. The van der Waals surface area contributed by atoms with Crippen molar-refractivity contribution >= 4 is 36.9 Å². The van der Waals surface area contributed by atoms with Crippen molar-refractivity contribution in [3.63, 3.8) is 0 Å². The second kappa shape index (κ2) is 13.0. The van der Waals surface area contributed by atoms with Gasteiger partial charge in [-0.3, -0.25) is 28.5 Å². The van der Waals surface area contributed by atoms with Gasteiger partial charge in [-0.1, -0.05) is 6.92 Å². The first kappa shape index (κ1) is 33.0. The molecular weight excluding hydrogens is 592 g/mol. The summed E-state index contributed by atoms with van der Waals surface area (Å²) in [5.41, 5.74) is -3.75. The van der Waals surface area contributed by atoms with Gasteiger partial charge in [0.15, 0.2) is 23.6 Å². The second-order valence-electron chi connectivity index (χ2n) is 12.3. The number of anilines is 1. The van der Waals surface area contributed by atoms with Gasteiger partial charge in [-0.05, 0) is 55.4 Å². The minimum absolute atomic E-state index is 0.0322. The molecule has 3 heterocycles. The number of halogens is 1. The number of rotatable bonds is 12. The number of ether oxygens (including phenoxy) is 3. The van der Waals surface area contributed by atoms with Crippen molar-refractivity contribution in [2.45, 2.75) is 80.3 Å². The number of nitrogens with one attached hydrogen (secondary N) is 2. The van der Waals surface area contributed by atoms with E-state index in [1.54, 1.807) is 48.5 Å². The third-order valence-corrected chi connectivity index (χ3v) is 7.93. The number of hydrogen-bond donors (Lipinski definition) is 2. The number of aromatic nitrogens is 4. The zero-order chi connectivity index (χ0) is 33.1. The molecule has 2 aromatic rings. The molecule has 2 N–H and O–H groups in total. The van der Waals surface area contributed by atoms with Crippen LogP contribution in [0, 0.1) is 16.7 Å². The maximum absolute atomic E-state index is 15.8. The van der Waals surface area contributed by atoms with Crippen LogP contribution in [0.5, 0.6) is 0 Å². The number of phosphoric ester groups is 1. The van der Waals surface area contributed by atoms with Gasteiger partial charge >= 0.3 is 19.8 Å². The van der Waals surface area contributed by atoms with Gasteiger partial charge in [0.2, 0.25) is 19.5 Å². The van der Waals surface area contributed by atoms with Crippen molar-refractivity contribution in [3.8, 4) is 0 Å². The quantitative estimate of drug-likeness (QED) is 0.194. The van der Waals surface area contributed by atoms with Gasteiger partial charge < -0.3 is 19.5 Å². The summed E-state index contributed by atoms with van der Waals surface area (Å²) in [6.07, 6.45) is -1.74. The SMILES string of the molecule is [3H]CCNc1nc2c(ncn2[C@@H]2O[C@](C)(COP(=O)(OCOC(=O)C(C)(C)C)OCOC(=O)C(C)(C)C)[C@@H](C)[C@H]2F)c(=O)[nH]1. The average Bonchev–Trinajstić information content (AvgIpc) is 3.45. The third-order valence-electron chi connectivity index (χ3n) is 6.64. The summed E-state index contributed by atoms with van der Waals surface area (Å²) < 4.78 is 69.9. The molecule has 0 bridgehead atoms. The highest BCUT2D eigenvalue weighted by Crippen LogP contribution is 2.53. The Morgan fingerprint density at radius 3 is 2.28 bits per heavy atom. The van der Waals surface area contributed by atoms with E-state index in [1.165, 1.54) is 17.8 Å². The van der Waals surface area contributed by atoms with Crippen molar-refractivity contribution in [3.05, 3.63) is 16.7 Å². The maximum atomic E-state index is 15.8. The van der Waals surface area contributed by atoms with Crippen LogP contribution in [0.25, 0.3) is 11.2 Å². The highest BCUT2D eigenvalue weighted by Gasteiger charge is 2.53. The van der Waals surface area contributed by atoms with E-state index in [9.17, 15) is 18.9 Å². The molecule has 15 nitrogen and oxygen atoms in total. The number of nitrogens with zero attached hydrogens (tertiary/aromatic N) is 3. The van der Waals surface area contributed by atoms with Crippen LogP contribution in [0.15, 0.2) is 11.1 Å². The highest BCUT2D eigenvalue weighted by atomic mass is 31.2. The number of carbonyl (C=O) groups excluding carboxylic acids is 2. The molecule has 242 valence electrons. The Morgan fingerprint density at radius 2 is 1.74 bits per heavy atom. The lowest BCUT2D eigenvalue weighted by Crippen LogP contribution is -2.37. The summed E-state index contributed by atoms with van der Waals surface area (Å²) >= 11 is 0. The summed E-state index contributed by atoms with van der Waals surface area (Å²) in [6, 6.07) is 0. The molecule has 0 spiro atoms. The van der Waals surface area contributed by atoms with Crippen LogP contribution in [-0.2, 0) is 41.9 Å². The van der Waals surface area contributed by atoms with Gasteiger partial charge in [-0.15, -0.1) is 0 Å². The lowest BCUT2D eigenvalue weighted by molar-refractivity contribution is -0.164. The number of carbonyl (C=O) groups is 2. The summed E-state index contributed by atoms with van der Waals surface area (Å²) in [5, 5.41) is 2.80. The van der Waals surface area contributed by atoms with Crippen LogP contribution < -0.4 is 10.9 Å². The van der Waals surface area contributed by atoms with E-state index in [4.69, 9.17) is 29.2 Å². The minimum Gasteiger partial charge on any atom is -0.437 e. The molecule has 0 aliphatic carbocycles. The van der Waals surface area contributed by atoms with Crippen molar-refractivity contribution in [2.24, 2.45) is 16.7 Å². The molecule has 2 aromatic heterocycles. The number of H-pyrrole nitrogens is 1. The van der Waals surface area contributed by atoms with E-state index in [1.807, 2.05) is 0 Å². The van der Waals surface area contributed by atoms with Gasteiger partial charge in [-0.25, -0.2) is 23.0 Å². The molecule has 1 saturated heterocycles. The van der Waals surface area contributed by atoms with E-state index in [-0.39, 0.29) is 30.6 Å². The van der Waals surface area contributed by atoms with Gasteiger partial charge in [-0.2, -0.15) is 4.98 Å². The largest absolute Gasteiger partial charge is 0.480 e. The topological polar surface area (TPSA) is 182 Å². The van der Waals surface area contributed by atoms with Gasteiger partial charge in [0, 0.05) is 13.8 Å². The van der Waals surface area contributed by atoms with Crippen LogP contribution >= 0.6 is 7.82 Å². The molecule has 1 fully saturated rings. The zero-order valence-electron chi connectivity index (χ0n) is 26.6. The number of esters is 2. The number of aromatic amines is 1. The van der Waals surface area contributed by atoms with Crippen LogP contribution in [0.2, 0.25) is 0 Å². The molecule has 0 unspecified atom stereocenters. The normalized spacial score (nSPS) is 23.3. The summed E-state index contributed by atoms with van der Waals surface area (Å²) in [5.74, 6) is -2.08. The van der Waals surface area contributed by atoms with Crippen LogP contribution in [0.4, 0.5) is 10.3 Å². The van der Waals surface area contributed by atoms with Gasteiger partial charge in [0.1, 0.15) is 0 Å². The molecule has 0 amide bonds. The predicted octanol–water partition coefficient (Wildman–Crippen LogP) is 4.06.